The highest BCUT2D eigenvalue weighted by Crippen LogP contribution is 2.27. The number of nitrogens with one attached hydrogen (secondary N) is 2. The Morgan fingerprint density at radius 3 is 2.85 bits per heavy atom. The summed E-state index contributed by atoms with van der Waals surface area (Å²) in [5.74, 6) is 1.79. The maximum atomic E-state index is 6.14. The van der Waals surface area contributed by atoms with Crippen molar-refractivity contribution in [1.29, 1.82) is 0 Å². The average Bonchev–Trinajstić information content (AvgIpc) is 2.65. The molecule has 0 aliphatic heterocycles. The number of benzene rings is 2. The van der Waals surface area contributed by atoms with Gasteiger partial charge in [-0.25, -0.2) is 0 Å². The molecule has 0 radical (unpaired) electrons. The third-order valence-corrected chi connectivity index (χ3v) is 4.15. The van der Waals surface area contributed by atoms with Gasteiger partial charge in [-0.2, -0.15) is 10.1 Å². The zero-order valence-corrected chi connectivity index (χ0v) is 15.6. The van der Waals surface area contributed by atoms with Gasteiger partial charge in [0, 0.05) is 11.6 Å². The summed E-state index contributed by atoms with van der Waals surface area (Å²) in [6.07, 6.45) is 2.39. The van der Waals surface area contributed by atoms with Gasteiger partial charge in [-0.05, 0) is 42.3 Å². The first-order chi connectivity index (χ1) is 12.6. The van der Waals surface area contributed by atoms with Crippen LogP contribution in [0.1, 0.15) is 5.56 Å². The number of ether oxygens (including phenoxy) is 1. The molecule has 0 spiro atoms. The molecule has 0 atom stereocenters. The van der Waals surface area contributed by atoms with Crippen LogP contribution in [-0.2, 0) is 6.42 Å². The fourth-order valence-electron chi connectivity index (χ4n) is 2.32. The molecule has 0 amide bonds. The molecule has 3 rings (SSSR count). The Hall–Kier alpha value is -2.57. The predicted molar refractivity (Wildman–Crippen MR) is 105 cm³/mol. The van der Waals surface area contributed by atoms with Crippen LogP contribution in [0.5, 0.6) is 5.75 Å². The van der Waals surface area contributed by atoms with Crippen LogP contribution in [0.2, 0.25) is 10.0 Å². The van der Waals surface area contributed by atoms with Gasteiger partial charge >= 0.3 is 0 Å². The van der Waals surface area contributed by atoms with Gasteiger partial charge in [-0.15, -0.1) is 5.10 Å². The Balaban J connectivity index is 1.61. The Morgan fingerprint density at radius 1 is 1.12 bits per heavy atom. The fourth-order valence-corrected chi connectivity index (χ4v) is 2.66. The summed E-state index contributed by atoms with van der Waals surface area (Å²) in [5, 5.41) is 15.3. The van der Waals surface area contributed by atoms with Gasteiger partial charge in [0.1, 0.15) is 5.75 Å². The summed E-state index contributed by atoms with van der Waals surface area (Å²) in [6, 6.07) is 13.1. The molecular formula is C18H17Cl2N5O. The van der Waals surface area contributed by atoms with Crippen LogP contribution in [0.3, 0.4) is 0 Å². The van der Waals surface area contributed by atoms with E-state index in [1.807, 2.05) is 18.2 Å². The number of hydrogen-bond donors (Lipinski definition) is 2. The molecule has 2 aromatic carbocycles. The van der Waals surface area contributed by atoms with E-state index in [9.17, 15) is 0 Å². The first-order valence-electron chi connectivity index (χ1n) is 7.92. The van der Waals surface area contributed by atoms with Crippen molar-refractivity contribution in [2.75, 3.05) is 24.3 Å². The van der Waals surface area contributed by atoms with Crippen molar-refractivity contribution in [3.05, 3.63) is 64.3 Å². The molecule has 1 aromatic heterocycles. The number of halogens is 2. The molecule has 0 aliphatic carbocycles. The van der Waals surface area contributed by atoms with Crippen molar-refractivity contribution >= 4 is 40.7 Å². The molecule has 0 fully saturated rings. The van der Waals surface area contributed by atoms with Crippen LogP contribution in [0, 0.1) is 0 Å². The van der Waals surface area contributed by atoms with E-state index in [2.05, 4.69) is 31.9 Å². The minimum atomic E-state index is 0.334. The highest BCUT2D eigenvalue weighted by molar-refractivity contribution is 6.35. The molecule has 0 unspecified atom stereocenters. The van der Waals surface area contributed by atoms with E-state index in [0.717, 1.165) is 12.2 Å². The number of methoxy groups -OCH3 is 1. The van der Waals surface area contributed by atoms with Crippen LogP contribution in [0.4, 0.5) is 17.5 Å². The molecule has 134 valence electrons. The van der Waals surface area contributed by atoms with Gasteiger partial charge < -0.3 is 15.4 Å². The second-order valence-corrected chi connectivity index (χ2v) is 6.29. The maximum Gasteiger partial charge on any atom is 0.249 e. The Morgan fingerprint density at radius 2 is 2.00 bits per heavy atom. The van der Waals surface area contributed by atoms with Crippen molar-refractivity contribution in [3.8, 4) is 5.75 Å². The lowest BCUT2D eigenvalue weighted by atomic mass is 10.1. The van der Waals surface area contributed by atoms with Gasteiger partial charge in [0.15, 0.2) is 5.82 Å². The third-order valence-electron chi connectivity index (χ3n) is 3.59. The van der Waals surface area contributed by atoms with Gasteiger partial charge in [-0.1, -0.05) is 35.3 Å². The standard InChI is InChI=1S/C18H17Cl2N5O/c1-26-14-4-2-3-12(9-14)7-8-21-17-11-22-25-18(24-17)23-16-10-13(19)5-6-15(16)20/h2-6,9-11H,7-8H2,1H3,(H2,21,23,24,25). The van der Waals surface area contributed by atoms with Crippen molar-refractivity contribution in [2.24, 2.45) is 0 Å². The summed E-state index contributed by atoms with van der Waals surface area (Å²) in [4.78, 5) is 4.38. The molecule has 0 saturated heterocycles. The van der Waals surface area contributed by atoms with E-state index >= 15 is 0 Å². The molecule has 0 saturated carbocycles. The van der Waals surface area contributed by atoms with E-state index in [4.69, 9.17) is 27.9 Å². The maximum absolute atomic E-state index is 6.14. The molecule has 0 bridgehead atoms. The molecule has 2 N–H and O–H groups in total. The zero-order valence-electron chi connectivity index (χ0n) is 14.0. The molecule has 26 heavy (non-hydrogen) atoms. The van der Waals surface area contributed by atoms with Crippen LogP contribution in [0.15, 0.2) is 48.7 Å². The minimum Gasteiger partial charge on any atom is -0.497 e. The van der Waals surface area contributed by atoms with E-state index in [0.29, 0.717) is 34.0 Å². The zero-order chi connectivity index (χ0) is 18.4. The molecular weight excluding hydrogens is 373 g/mol. The lowest BCUT2D eigenvalue weighted by Crippen LogP contribution is -2.09. The third kappa shape index (κ3) is 4.97. The second-order valence-electron chi connectivity index (χ2n) is 5.44. The van der Waals surface area contributed by atoms with Crippen molar-refractivity contribution in [1.82, 2.24) is 15.2 Å². The van der Waals surface area contributed by atoms with E-state index < -0.39 is 0 Å². The molecule has 1 heterocycles. The normalized spacial score (nSPS) is 10.4. The summed E-state index contributed by atoms with van der Waals surface area (Å²) in [5.41, 5.74) is 1.79. The quantitative estimate of drug-likeness (QED) is 0.615. The van der Waals surface area contributed by atoms with Gasteiger partial charge in [-0.3, -0.25) is 0 Å². The first-order valence-corrected chi connectivity index (χ1v) is 8.68. The van der Waals surface area contributed by atoms with Crippen molar-refractivity contribution in [3.63, 3.8) is 0 Å². The largest absolute Gasteiger partial charge is 0.497 e. The Labute approximate surface area is 161 Å². The molecule has 3 aromatic rings. The lowest BCUT2D eigenvalue weighted by molar-refractivity contribution is 0.414. The molecule has 6 nitrogen and oxygen atoms in total. The van der Waals surface area contributed by atoms with E-state index in [1.54, 1.807) is 31.5 Å². The Bertz CT molecular complexity index is 891. The topological polar surface area (TPSA) is 72.0 Å². The van der Waals surface area contributed by atoms with Gasteiger partial charge in [0.05, 0.1) is 24.0 Å². The van der Waals surface area contributed by atoms with Gasteiger partial charge in [0.25, 0.3) is 0 Å². The lowest BCUT2D eigenvalue weighted by Gasteiger charge is -2.09. The smallest absolute Gasteiger partial charge is 0.249 e. The summed E-state index contributed by atoms with van der Waals surface area (Å²) in [7, 11) is 1.66. The van der Waals surface area contributed by atoms with Crippen molar-refractivity contribution in [2.45, 2.75) is 6.42 Å². The van der Waals surface area contributed by atoms with Crippen LogP contribution >= 0.6 is 23.2 Å². The Kier molecular flexibility index (Phi) is 6.09. The van der Waals surface area contributed by atoms with E-state index in [-0.39, 0.29) is 0 Å². The SMILES string of the molecule is COc1cccc(CCNc2cnnc(Nc3cc(Cl)ccc3Cl)n2)c1. The highest BCUT2D eigenvalue weighted by Gasteiger charge is 2.06. The number of nitrogens with zero attached hydrogens (tertiary/aromatic N) is 3. The van der Waals surface area contributed by atoms with E-state index in [1.165, 1.54) is 5.56 Å². The van der Waals surface area contributed by atoms with Crippen molar-refractivity contribution < 1.29 is 4.74 Å². The first kappa shape index (κ1) is 18.2. The summed E-state index contributed by atoms with van der Waals surface area (Å²) in [6.45, 7) is 0.698. The second kappa shape index (κ2) is 8.69. The van der Waals surface area contributed by atoms with Crippen LogP contribution in [0.25, 0.3) is 0 Å². The number of aromatic nitrogens is 3. The monoisotopic (exact) mass is 389 g/mol. The average molecular weight is 390 g/mol. The van der Waals surface area contributed by atoms with Crippen LogP contribution in [-0.4, -0.2) is 28.8 Å². The highest BCUT2D eigenvalue weighted by atomic mass is 35.5. The summed E-state index contributed by atoms with van der Waals surface area (Å²) >= 11 is 12.1. The van der Waals surface area contributed by atoms with Gasteiger partial charge in [0.2, 0.25) is 5.95 Å². The number of hydrogen-bond acceptors (Lipinski definition) is 6. The molecule has 8 heteroatoms. The summed E-state index contributed by atoms with van der Waals surface area (Å²) < 4.78 is 5.23. The number of rotatable bonds is 7. The number of anilines is 3. The fraction of sp³-hybridized carbons (Fsp3) is 0.167. The predicted octanol–water partition coefficient (Wildman–Crippen LogP) is 4.59. The van der Waals surface area contributed by atoms with Crippen LogP contribution < -0.4 is 15.4 Å². The minimum absolute atomic E-state index is 0.334. The molecule has 0 aliphatic rings.